The third kappa shape index (κ3) is 2.49. The molecule has 0 aromatic heterocycles. The van der Waals surface area contributed by atoms with Gasteiger partial charge in [-0.2, -0.15) is 5.48 Å². The van der Waals surface area contributed by atoms with Gasteiger partial charge >= 0.3 is 0 Å². The average Bonchev–Trinajstić information content (AvgIpc) is 2.10. The lowest BCUT2D eigenvalue weighted by Crippen LogP contribution is -2.17. The van der Waals surface area contributed by atoms with Gasteiger partial charge in [0.15, 0.2) is 0 Å². The van der Waals surface area contributed by atoms with Gasteiger partial charge in [0.25, 0.3) is 0 Å². The monoisotopic (exact) mass is 247 g/mol. The molecule has 0 aliphatic heterocycles. The molecule has 0 amide bonds. The van der Waals surface area contributed by atoms with Gasteiger partial charge in [-0.15, -0.1) is 0 Å². The van der Waals surface area contributed by atoms with E-state index in [1.807, 2.05) is 6.92 Å². The molecule has 1 aromatic carbocycles. The van der Waals surface area contributed by atoms with E-state index in [0.29, 0.717) is 16.5 Å². The number of hydroxylamine groups is 1. The summed E-state index contributed by atoms with van der Waals surface area (Å²) in [5.74, 6) is -0.317. The Labute approximate surface area is 84.9 Å². The summed E-state index contributed by atoms with van der Waals surface area (Å²) in [6.45, 7) is 1.87. The summed E-state index contributed by atoms with van der Waals surface area (Å²) in [4.78, 5) is 0. The van der Waals surface area contributed by atoms with Crippen LogP contribution < -0.4 is 5.48 Å². The largest absolute Gasteiger partial charge is 0.316 e. The van der Waals surface area contributed by atoms with Gasteiger partial charge in [0.1, 0.15) is 5.82 Å². The normalized spacial score (nSPS) is 12.9. The third-order valence-corrected chi connectivity index (χ3v) is 2.40. The third-order valence-electron chi connectivity index (χ3n) is 1.90. The molecule has 2 nitrogen and oxygen atoms in total. The minimum absolute atomic E-state index is 0.317. The SMILES string of the molecule is CC[C@@H](NO)c1ccc(Br)cc1F. The molecule has 0 fully saturated rings. The zero-order chi connectivity index (χ0) is 9.84. The van der Waals surface area contributed by atoms with Crippen LogP contribution in [0.25, 0.3) is 0 Å². The van der Waals surface area contributed by atoms with Gasteiger partial charge in [0, 0.05) is 10.0 Å². The molecule has 0 saturated carbocycles. The Morgan fingerprint density at radius 3 is 2.77 bits per heavy atom. The van der Waals surface area contributed by atoms with Crippen LogP contribution in [0.3, 0.4) is 0 Å². The Morgan fingerprint density at radius 1 is 1.62 bits per heavy atom. The highest BCUT2D eigenvalue weighted by Gasteiger charge is 2.12. The molecule has 0 saturated heterocycles. The van der Waals surface area contributed by atoms with E-state index < -0.39 is 0 Å². The number of hydrogen-bond acceptors (Lipinski definition) is 2. The Bertz CT molecular complexity index is 289. The fourth-order valence-electron chi connectivity index (χ4n) is 1.16. The van der Waals surface area contributed by atoms with Crippen LogP contribution in [0.4, 0.5) is 4.39 Å². The van der Waals surface area contributed by atoms with Crippen LogP contribution in [-0.2, 0) is 0 Å². The molecule has 2 N–H and O–H groups in total. The van der Waals surface area contributed by atoms with Crippen molar-refractivity contribution in [2.75, 3.05) is 0 Å². The van der Waals surface area contributed by atoms with Crippen molar-refractivity contribution < 1.29 is 9.60 Å². The van der Waals surface area contributed by atoms with E-state index in [9.17, 15) is 4.39 Å². The van der Waals surface area contributed by atoms with Crippen LogP contribution in [0.1, 0.15) is 24.9 Å². The first-order valence-corrected chi connectivity index (χ1v) is 4.83. The van der Waals surface area contributed by atoms with Crippen molar-refractivity contribution >= 4 is 15.9 Å². The van der Waals surface area contributed by atoms with Gasteiger partial charge in [-0.3, -0.25) is 0 Å². The molecule has 0 aliphatic carbocycles. The van der Waals surface area contributed by atoms with Crippen molar-refractivity contribution in [3.05, 3.63) is 34.1 Å². The summed E-state index contributed by atoms with van der Waals surface area (Å²) in [7, 11) is 0. The first kappa shape index (κ1) is 10.6. The quantitative estimate of drug-likeness (QED) is 0.806. The molecule has 0 bridgehead atoms. The predicted molar refractivity (Wildman–Crippen MR) is 52.1 cm³/mol. The number of nitrogens with one attached hydrogen (secondary N) is 1. The fourth-order valence-corrected chi connectivity index (χ4v) is 1.50. The van der Waals surface area contributed by atoms with Gasteiger partial charge in [-0.1, -0.05) is 28.9 Å². The molecule has 1 atom stereocenters. The second kappa shape index (κ2) is 4.69. The second-order valence-electron chi connectivity index (χ2n) is 2.76. The zero-order valence-corrected chi connectivity index (χ0v) is 8.81. The number of benzene rings is 1. The summed E-state index contributed by atoms with van der Waals surface area (Å²) in [5.41, 5.74) is 2.55. The van der Waals surface area contributed by atoms with E-state index in [4.69, 9.17) is 5.21 Å². The topological polar surface area (TPSA) is 32.3 Å². The standard InChI is InChI=1S/C9H11BrFNO/c1-2-9(12-13)7-4-3-6(10)5-8(7)11/h3-5,9,12-13H,2H2,1H3/t9-/m1/s1. The highest BCUT2D eigenvalue weighted by atomic mass is 79.9. The van der Waals surface area contributed by atoms with E-state index in [1.54, 1.807) is 12.1 Å². The molecule has 0 radical (unpaired) electrons. The average molecular weight is 248 g/mol. The second-order valence-corrected chi connectivity index (χ2v) is 3.67. The van der Waals surface area contributed by atoms with E-state index >= 15 is 0 Å². The maximum absolute atomic E-state index is 13.3. The van der Waals surface area contributed by atoms with Gasteiger partial charge < -0.3 is 5.21 Å². The summed E-state index contributed by atoms with van der Waals surface area (Å²) >= 11 is 3.17. The maximum atomic E-state index is 13.3. The van der Waals surface area contributed by atoms with Crippen molar-refractivity contribution in [2.24, 2.45) is 0 Å². The summed E-state index contributed by atoms with van der Waals surface area (Å²) in [6.07, 6.45) is 0.634. The Morgan fingerprint density at radius 2 is 2.31 bits per heavy atom. The van der Waals surface area contributed by atoms with E-state index in [-0.39, 0.29) is 11.9 Å². The summed E-state index contributed by atoms with van der Waals surface area (Å²) < 4.78 is 14.0. The van der Waals surface area contributed by atoms with Gasteiger partial charge in [0.05, 0.1) is 6.04 Å². The molecule has 0 heterocycles. The van der Waals surface area contributed by atoms with Gasteiger partial charge in [0.2, 0.25) is 0 Å². The van der Waals surface area contributed by atoms with Crippen LogP contribution in [0.15, 0.2) is 22.7 Å². The lowest BCUT2D eigenvalue weighted by atomic mass is 10.1. The van der Waals surface area contributed by atoms with Gasteiger partial charge in [-0.25, -0.2) is 4.39 Å². The number of hydrogen-bond donors (Lipinski definition) is 2. The van der Waals surface area contributed by atoms with Crippen molar-refractivity contribution in [3.8, 4) is 0 Å². The van der Waals surface area contributed by atoms with E-state index in [0.717, 1.165) is 0 Å². The van der Waals surface area contributed by atoms with E-state index in [1.165, 1.54) is 6.07 Å². The molecule has 1 aromatic rings. The van der Waals surface area contributed by atoms with Crippen LogP contribution in [0.5, 0.6) is 0 Å². The highest BCUT2D eigenvalue weighted by Crippen LogP contribution is 2.22. The number of halogens is 2. The molecule has 0 spiro atoms. The van der Waals surface area contributed by atoms with Crippen LogP contribution in [0, 0.1) is 5.82 Å². The first-order chi connectivity index (χ1) is 6.19. The van der Waals surface area contributed by atoms with Crippen molar-refractivity contribution in [3.63, 3.8) is 0 Å². The fraction of sp³-hybridized carbons (Fsp3) is 0.333. The first-order valence-electron chi connectivity index (χ1n) is 4.03. The van der Waals surface area contributed by atoms with Crippen LogP contribution >= 0.6 is 15.9 Å². The van der Waals surface area contributed by atoms with Gasteiger partial charge in [-0.05, 0) is 18.6 Å². The molecule has 0 aliphatic rings. The maximum Gasteiger partial charge on any atom is 0.129 e. The predicted octanol–water partition coefficient (Wildman–Crippen LogP) is 3.02. The highest BCUT2D eigenvalue weighted by molar-refractivity contribution is 9.10. The summed E-state index contributed by atoms with van der Waals surface area (Å²) in [6, 6.07) is 4.44. The van der Waals surface area contributed by atoms with Crippen LogP contribution in [-0.4, -0.2) is 5.21 Å². The Hall–Kier alpha value is -0.450. The molecule has 13 heavy (non-hydrogen) atoms. The zero-order valence-electron chi connectivity index (χ0n) is 7.22. The lowest BCUT2D eigenvalue weighted by Gasteiger charge is -2.13. The minimum Gasteiger partial charge on any atom is -0.316 e. The van der Waals surface area contributed by atoms with Crippen molar-refractivity contribution in [1.82, 2.24) is 5.48 Å². The molecular formula is C9H11BrFNO. The lowest BCUT2D eigenvalue weighted by molar-refractivity contribution is 0.122. The molecule has 1 rings (SSSR count). The smallest absolute Gasteiger partial charge is 0.129 e. The molecule has 72 valence electrons. The Balaban J connectivity index is 2.99. The minimum atomic E-state index is -0.340. The van der Waals surface area contributed by atoms with Crippen molar-refractivity contribution in [1.29, 1.82) is 0 Å². The molecule has 0 unspecified atom stereocenters. The Kier molecular flexibility index (Phi) is 3.84. The van der Waals surface area contributed by atoms with E-state index in [2.05, 4.69) is 21.4 Å². The van der Waals surface area contributed by atoms with Crippen molar-refractivity contribution in [2.45, 2.75) is 19.4 Å². The molecule has 4 heteroatoms. The molecular weight excluding hydrogens is 237 g/mol. The number of rotatable bonds is 3. The summed E-state index contributed by atoms with van der Waals surface area (Å²) in [5, 5.41) is 8.74. The van der Waals surface area contributed by atoms with Crippen LogP contribution in [0.2, 0.25) is 0 Å².